The molecule has 0 fully saturated rings. The van der Waals surface area contributed by atoms with Crippen molar-refractivity contribution in [3.8, 4) is 0 Å². The summed E-state index contributed by atoms with van der Waals surface area (Å²) in [4.78, 5) is 20.1. The van der Waals surface area contributed by atoms with Crippen LogP contribution >= 0.6 is 0 Å². The highest BCUT2D eigenvalue weighted by atomic mass is 16.1. The molecule has 0 radical (unpaired) electrons. The quantitative estimate of drug-likeness (QED) is 0.788. The van der Waals surface area contributed by atoms with Crippen LogP contribution in [0.25, 0.3) is 0 Å². The Hall–Kier alpha value is -2.43. The van der Waals surface area contributed by atoms with E-state index in [9.17, 15) is 4.79 Å². The van der Waals surface area contributed by atoms with Crippen LogP contribution in [0.4, 0.5) is 5.82 Å². The minimum atomic E-state index is -0.0408. The van der Waals surface area contributed by atoms with Crippen molar-refractivity contribution >= 4 is 11.7 Å². The summed E-state index contributed by atoms with van der Waals surface area (Å²) in [6, 6.07) is 9.20. The largest absolute Gasteiger partial charge is 0.369 e. The van der Waals surface area contributed by atoms with Gasteiger partial charge >= 0.3 is 0 Å². The summed E-state index contributed by atoms with van der Waals surface area (Å²) in [5.41, 5.74) is 1.57. The number of nitrogens with zero attached hydrogens (tertiary/aromatic N) is 2. The van der Waals surface area contributed by atoms with Crippen molar-refractivity contribution in [2.75, 3.05) is 18.4 Å². The fourth-order valence-corrected chi connectivity index (χ4v) is 1.75. The van der Waals surface area contributed by atoms with Gasteiger partial charge in [-0.1, -0.05) is 18.2 Å². The van der Waals surface area contributed by atoms with E-state index in [-0.39, 0.29) is 5.91 Å². The zero-order valence-corrected chi connectivity index (χ0v) is 11.5. The maximum Gasteiger partial charge on any atom is 0.251 e. The Morgan fingerprint density at radius 2 is 1.95 bits per heavy atom. The molecule has 0 bridgehead atoms. The van der Waals surface area contributed by atoms with E-state index in [0.717, 1.165) is 24.5 Å². The third kappa shape index (κ3) is 4.35. The number of hydrogen-bond donors (Lipinski definition) is 2. The first-order chi connectivity index (χ1) is 9.75. The summed E-state index contributed by atoms with van der Waals surface area (Å²) in [5.74, 6) is 0.723. The maximum atomic E-state index is 11.8. The molecule has 0 atom stereocenters. The van der Waals surface area contributed by atoms with E-state index in [1.165, 1.54) is 0 Å². The first-order valence-corrected chi connectivity index (χ1v) is 6.61. The van der Waals surface area contributed by atoms with Gasteiger partial charge in [-0.25, -0.2) is 4.98 Å². The van der Waals surface area contributed by atoms with Crippen molar-refractivity contribution in [3.63, 3.8) is 0 Å². The molecule has 1 amide bonds. The SMILES string of the molecule is Cc1cncc(NCCCNC(=O)c2ccccc2)n1. The van der Waals surface area contributed by atoms with Crippen molar-refractivity contribution in [1.29, 1.82) is 0 Å². The number of carbonyl (C=O) groups is 1. The summed E-state index contributed by atoms with van der Waals surface area (Å²) in [6.45, 7) is 3.27. The fourth-order valence-electron chi connectivity index (χ4n) is 1.75. The van der Waals surface area contributed by atoms with Crippen molar-refractivity contribution < 1.29 is 4.79 Å². The molecule has 2 N–H and O–H groups in total. The van der Waals surface area contributed by atoms with Gasteiger partial charge in [0.05, 0.1) is 11.9 Å². The van der Waals surface area contributed by atoms with E-state index in [4.69, 9.17) is 0 Å². The molecule has 0 unspecified atom stereocenters. The predicted octanol–water partition coefficient (Wildman–Crippen LogP) is 2.02. The van der Waals surface area contributed by atoms with Crippen LogP contribution < -0.4 is 10.6 Å². The molecule has 0 aliphatic heterocycles. The van der Waals surface area contributed by atoms with Gasteiger partial charge in [-0.15, -0.1) is 0 Å². The summed E-state index contributed by atoms with van der Waals surface area (Å²) >= 11 is 0. The van der Waals surface area contributed by atoms with Gasteiger partial charge in [0.25, 0.3) is 5.91 Å². The number of anilines is 1. The van der Waals surface area contributed by atoms with Gasteiger partial charge in [0, 0.05) is 24.8 Å². The maximum absolute atomic E-state index is 11.8. The zero-order chi connectivity index (χ0) is 14.2. The van der Waals surface area contributed by atoms with Gasteiger partial charge in [-0.2, -0.15) is 0 Å². The van der Waals surface area contributed by atoms with Crippen LogP contribution in [-0.4, -0.2) is 29.0 Å². The molecule has 1 aromatic heterocycles. The second kappa shape index (κ2) is 7.23. The summed E-state index contributed by atoms with van der Waals surface area (Å²) in [6.07, 6.45) is 4.23. The fraction of sp³-hybridized carbons (Fsp3) is 0.267. The van der Waals surface area contributed by atoms with E-state index >= 15 is 0 Å². The van der Waals surface area contributed by atoms with E-state index in [0.29, 0.717) is 12.1 Å². The van der Waals surface area contributed by atoms with Crippen molar-refractivity contribution in [1.82, 2.24) is 15.3 Å². The lowest BCUT2D eigenvalue weighted by atomic mass is 10.2. The molecule has 0 spiro atoms. The number of hydrogen-bond acceptors (Lipinski definition) is 4. The van der Waals surface area contributed by atoms with E-state index in [2.05, 4.69) is 20.6 Å². The Morgan fingerprint density at radius 3 is 2.70 bits per heavy atom. The van der Waals surface area contributed by atoms with Crippen LogP contribution in [-0.2, 0) is 0 Å². The molecular weight excluding hydrogens is 252 g/mol. The summed E-state index contributed by atoms with van der Waals surface area (Å²) in [5, 5.41) is 6.06. The van der Waals surface area contributed by atoms with Gasteiger partial charge in [0.2, 0.25) is 0 Å². The Balaban J connectivity index is 1.66. The molecule has 0 saturated carbocycles. The minimum absolute atomic E-state index is 0.0408. The van der Waals surface area contributed by atoms with Crippen LogP contribution in [0.15, 0.2) is 42.7 Å². The Morgan fingerprint density at radius 1 is 1.15 bits per heavy atom. The lowest BCUT2D eigenvalue weighted by Gasteiger charge is -2.07. The lowest BCUT2D eigenvalue weighted by molar-refractivity contribution is 0.0953. The smallest absolute Gasteiger partial charge is 0.251 e. The summed E-state index contributed by atoms with van der Waals surface area (Å²) < 4.78 is 0. The van der Waals surface area contributed by atoms with E-state index in [1.807, 2.05) is 25.1 Å². The Kier molecular flexibility index (Phi) is 5.06. The Labute approximate surface area is 118 Å². The van der Waals surface area contributed by atoms with Crippen molar-refractivity contribution in [3.05, 3.63) is 54.0 Å². The minimum Gasteiger partial charge on any atom is -0.369 e. The molecule has 2 aromatic rings. The standard InChI is InChI=1S/C15H18N4O/c1-12-10-16-11-14(19-12)17-8-5-9-18-15(20)13-6-3-2-4-7-13/h2-4,6-7,10-11H,5,8-9H2,1H3,(H,17,19)(H,18,20). The highest BCUT2D eigenvalue weighted by Crippen LogP contribution is 2.01. The van der Waals surface area contributed by atoms with Gasteiger partial charge in [-0.3, -0.25) is 9.78 Å². The number of aromatic nitrogens is 2. The average Bonchev–Trinajstić information content (AvgIpc) is 2.48. The molecule has 1 heterocycles. The molecule has 5 nitrogen and oxygen atoms in total. The van der Waals surface area contributed by atoms with Crippen molar-refractivity contribution in [2.24, 2.45) is 0 Å². The molecule has 0 aliphatic rings. The number of nitrogens with one attached hydrogen (secondary N) is 2. The highest BCUT2D eigenvalue weighted by Gasteiger charge is 2.02. The van der Waals surface area contributed by atoms with E-state index in [1.54, 1.807) is 24.5 Å². The van der Waals surface area contributed by atoms with Gasteiger partial charge in [0.1, 0.15) is 5.82 Å². The molecule has 20 heavy (non-hydrogen) atoms. The number of rotatable bonds is 6. The van der Waals surface area contributed by atoms with Crippen LogP contribution in [0.2, 0.25) is 0 Å². The van der Waals surface area contributed by atoms with Crippen LogP contribution in [0.5, 0.6) is 0 Å². The molecular formula is C15H18N4O. The average molecular weight is 270 g/mol. The topological polar surface area (TPSA) is 66.9 Å². The second-order valence-corrected chi connectivity index (χ2v) is 4.45. The van der Waals surface area contributed by atoms with Crippen molar-refractivity contribution in [2.45, 2.75) is 13.3 Å². The molecule has 104 valence electrons. The third-order valence-electron chi connectivity index (χ3n) is 2.74. The van der Waals surface area contributed by atoms with E-state index < -0.39 is 0 Å². The molecule has 0 aliphatic carbocycles. The highest BCUT2D eigenvalue weighted by molar-refractivity contribution is 5.94. The Bertz CT molecular complexity index is 557. The first kappa shape index (κ1) is 14.0. The lowest BCUT2D eigenvalue weighted by Crippen LogP contribution is -2.25. The van der Waals surface area contributed by atoms with Gasteiger partial charge < -0.3 is 10.6 Å². The molecule has 5 heteroatoms. The number of amides is 1. The normalized spacial score (nSPS) is 10.1. The monoisotopic (exact) mass is 270 g/mol. The van der Waals surface area contributed by atoms with Gasteiger partial charge in [-0.05, 0) is 25.5 Å². The van der Waals surface area contributed by atoms with Crippen LogP contribution in [0.1, 0.15) is 22.5 Å². The molecule has 1 aromatic carbocycles. The van der Waals surface area contributed by atoms with Crippen LogP contribution in [0.3, 0.4) is 0 Å². The number of carbonyl (C=O) groups excluding carboxylic acids is 1. The first-order valence-electron chi connectivity index (χ1n) is 6.61. The second-order valence-electron chi connectivity index (χ2n) is 4.45. The zero-order valence-electron chi connectivity index (χ0n) is 11.5. The van der Waals surface area contributed by atoms with Gasteiger partial charge in [0.15, 0.2) is 0 Å². The number of aryl methyl sites for hydroxylation is 1. The summed E-state index contributed by atoms with van der Waals surface area (Å²) in [7, 11) is 0. The van der Waals surface area contributed by atoms with Crippen LogP contribution in [0, 0.1) is 6.92 Å². The molecule has 2 rings (SSSR count). The number of benzene rings is 1. The molecule has 0 saturated heterocycles. The predicted molar refractivity (Wildman–Crippen MR) is 78.7 cm³/mol. The third-order valence-corrected chi connectivity index (χ3v) is 2.74.